The summed E-state index contributed by atoms with van der Waals surface area (Å²) in [7, 11) is -4.15. The zero-order valence-corrected chi connectivity index (χ0v) is 26.9. The lowest BCUT2D eigenvalue weighted by molar-refractivity contribution is -0.127. The topological polar surface area (TPSA) is 172 Å². The van der Waals surface area contributed by atoms with Gasteiger partial charge in [0.2, 0.25) is 21.8 Å². The number of para-hydroxylation sites is 1. The summed E-state index contributed by atoms with van der Waals surface area (Å²) < 4.78 is 41.7. The summed E-state index contributed by atoms with van der Waals surface area (Å²) in [5.41, 5.74) is 6.88. The number of nitrogens with two attached hydrogens (primary N) is 1. The highest BCUT2D eigenvalue weighted by atomic mass is 32.2. The quantitative estimate of drug-likeness (QED) is 0.151. The molecule has 1 heterocycles. The SMILES string of the molecule is CC(C)CN(CC(O)C(Cc1ccccc1)NC(=O)C[C@H](NC(=O)c1ccc2ccccc2n1)C(N)=O)S(=O)(=O)c1ccc(F)cc1. The van der Waals surface area contributed by atoms with Gasteiger partial charge >= 0.3 is 0 Å². The third-order valence-corrected chi connectivity index (χ3v) is 9.24. The first-order chi connectivity index (χ1) is 22.3. The number of hydrogen-bond acceptors (Lipinski definition) is 7. The number of halogens is 1. The van der Waals surface area contributed by atoms with Crippen molar-refractivity contribution in [2.45, 2.75) is 49.8 Å². The maximum atomic E-state index is 13.5. The largest absolute Gasteiger partial charge is 0.390 e. The summed E-state index contributed by atoms with van der Waals surface area (Å²) in [6, 6.07) is 21.3. The number of fused-ring (bicyclic) bond motifs is 1. The van der Waals surface area contributed by atoms with Gasteiger partial charge in [-0.25, -0.2) is 17.8 Å². The van der Waals surface area contributed by atoms with E-state index in [0.717, 1.165) is 39.5 Å². The highest BCUT2D eigenvalue weighted by molar-refractivity contribution is 7.89. The van der Waals surface area contributed by atoms with Crippen LogP contribution in [-0.4, -0.2) is 71.8 Å². The zero-order chi connectivity index (χ0) is 34.1. The lowest BCUT2D eigenvalue weighted by Crippen LogP contribution is -2.53. The van der Waals surface area contributed by atoms with Crippen LogP contribution in [0.3, 0.4) is 0 Å². The van der Waals surface area contributed by atoms with E-state index in [4.69, 9.17) is 5.73 Å². The van der Waals surface area contributed by atoms with E-state index in [1.54, 1.807) is 48.5 Å². The Hall–Kier alpha value is -4.72. The van der Waals surface area contributed by atoms with Crippen molar-refractivity contribution in [3.8, 4) is 0 Å². The Balaban J connectivity index is 1.52. The average Bonchev–Trinajstić information content (AvgIpc) is 3.04. The molecule has 0 saturated carbocycles. The molecule has 4 rings (SSSR count). The van der Waals surface area contributed by atoms with Crippen LogP contribution in [0, 0.1) is 11.7 Å². The molecule has 2 unspecified atom stereocenters. The monoisotopic (exact) mass is 663 g/mol. The molecule has 0 bridgehead atoms. The first kappa shape index (κ1) is 35.1. The summed E-state index contributed by atoms with van der Waals surface area (Å²) in [5, 5.41) is 17.4. The summed E-state index contributed by atoms with van der Waals surface area (Å²) in [4.78, 5) is 42.7. The highest BCUT2D eigenvalue weighted by Crippen LogP contribution is 2.20. The highest BCUT2D eigenvalue weighted by Gasteiger charge is 2.32. The number of amides is 3. The summed E-state index contributed by atoms with van der Waals surface area (Å²) in [6.07, 6.45) is -1.83. The molecule has 0 fully saturated rings. The van der Waals surface area contributed by atoms with E-state index >= 15 is 0 Å². The molecule has 11 nitrogen and oxygen atoms in total. The molecular weight excluding hydrogens is 625 g/mol. The van der Waals surface area contributed by atoms with E-state index in [-0.39, 0.29) is 36.0 Å². The standard InChI is InChI=1S/C34H38FN5O6S/c1-22(2)20-40(47(45,46)26-15-13-25(35)14-16-26)21-31(41)29(18-23-8-4-3-5-9-23)38-32(42)19-30(33(36)43)39-34(44)28-17-12-24-10-6-7-11-27(24)37-28/h3-17,22,29-31,41H,18-21H2,1-2H3,(H2,36,43)(H,38,42)(H,39,44)/t29?,30-,31?/m0/s1. The number of hydrogen-bond donors (Lipinski definition) is 4. The van der Waals surface area contributed by atoms with Crippen molar-refractivity contribution in [3.63, 3.8) is 0 Å². The number of sulfonamides is 1. The number of nitrogens with zero attached hydrogens (tertiary/aromatic N) is 2. The molecule has 47 heavy (non-hydrogen) atoms. The summed E-state index contributed by atoms with van der Waals surface area (Å²) in [6.45, 7) is 3.28. The van der Waals surface area contributed by atoms with E-state index < -0.39 is 58.2 Å². The van der Waals surface area contributed by atoms with Crippen molar-refractivity contribution in [1.82, 2.24) is 19.9 Å². The Morgan fingerprint density at radius 1 is 0.894 bits per heavy atom. The number of pyridine rings is 1. The number of rotatable bonds is 15. The maximum absolute atomic E-state index is 13.5. The second-order valence-corrected chi connectivity index (χ2v) is 13.6. The third kappa shape index (κ3) is 9.64. The van der Waals surface area contributed by atoms with Crippen LogP contribution in [0.25, 0.3) is 10.9 Å². The normalized spacial score (nSPS) is 13.7. The fourth-order valence-electron chi connectivity index (χ4n) is 5.02. The molecule has 3 atom stereocenters. The molecule has 248 valence electrons. The predicted octanol–water partition coefficient (Wildman–Crippen LogP) is 2.78. The van der Waals surface area contributed by atoms with Crippen LogP contribution in [0.15, 0.2) is 95.9 Å². The van der Waals surface area contributed by atoms with Crippen LogP contribution in [0.1, 0.15) is 36.3 Å². The minimum atomic E-state index is -4.15. The van der Waals surface area contributed by atoms with Gasteiger partial charge in [-0.15, -0.1) is 0 Å². The van der Waals surface area contributed by atoms with Crippen molar-refractivity contribution in [2.75, 3.05) is 13.1 Å². The predicted molar refractivity (Wildman–Crippen MR) is 175 cm³/mol. The Morgan fingerprint density at radius 2 is 1.55 bits per heavy atom. The molecule has 1 aromatic heterocycles. The van der Waals surface area contributed by atoms with Gasteiger partial charge in [0.1, 0.15) is 17.6 Å². The van der Waals surface area contributed by atoms with E-state index in [1.807, 2.05) is 26.0 Å². The molecule has 0 spiro atoms. The second-order valence-electron chi connectivity index (χ2n) is 11.6. The van der Waals surface area contributed by atoms with E-state index in [9.17, 15) is 32.3 Å². The fraction of sp³-hybridized carbons (Fsp3) is 0.294. The number of aromatic nitrogens is 1. The van der Waals surface area contributed by atoms with Crippen LogP contribution in [0.2, 0.25) is 0 Å². The van der Waals surface area contributed by atoms with Gasteiger partial charge in [-0.1, -0.05) is 68.4 Å². The maximum Gasteiger partial charge on any atom is 0.270 e. The molecule has 0 aliphatic rings. The van der Waals surface area contributed by atoms with Gasteiger partial charge < -0.3 is 21.5 Å². The summed E-state index contributed by atoms with van der Waals surface area (Å²) >= 11 is 0. The van der Waals surface area contributed by atoms with Gasteiger partial charge in [0.15, 0.2) is 0 Å². The van der Waals surface area contributed by atoms with Crippen LogP contribution >= 0.6 is 0 Å². The molecular formula is C34H38FN5O6S. The lowest BCUT2D eigenvalue weighted by atomic mass is 10.00. The van der Waals surface area contributed by atoms with Crippen LogP contribution < -0.4 is 16.4 Å². The van der Waals surface area contributed by atoms with Crippen molar-refractivity contribution in [2.24, 2.45) is 11.7 Å². The molecule has 0 aliphatic carbocycles. The third-order valence-electron chi connectivity index (χ3n) is 7.39. The number of carbonyl (C=O) groups excluding carboxylic acids is 3. The first-order valence-corrected chi connectivity index (χ1v) is 16.5. The second kappa shape index (κ2) is 15.7. The Kier molecular flexibility index (Phi) is 11.8. The smallest absolute Gasteiger partial charge is 0.270 e. The van der Waals surface area contributed by atoms with E-state index in [2.05, 4.69) is 15.6 Å². The summed E-state index contributed by atoms with van der Waals surface area (Å²) in [5.74, 6) is -3.09. The fourth-order valence-corrected chi connectivity index (χ4v) is 6.64. The number of aliphatic hydroxyl groups excluding tert-OH is 1. The molecule has 0 saturated heterocycles. The van der Waals surface area contributed by atoms with Crippen molar-refractivity contribution >= 4 is 38.6 Å². The van der Waals surface area contributed by atoms with E-state index in [0.29, 0.717) is 5.52 Å². The number of carbonyl (C=O) groups is 3. The minimum absolute atomic E-state index is 0.0281. The molecule has 5 N–H and O–H groups in total. The van der Waals surface area contributed by atoms with Gasteiger partial charge in [0.05, 0.1) is 29.0 Å². The molecule has 0 radical (unpaired) electrons. The van der Waals surface area contributed by atoms with Gasteiger partial charge in [-0.05, 0) is 54.3 Å². The van der Waals surface area contributed by atoms with Crippen molar-refractivity contribution in [3.05, 3.63) is 108 Å². The van der Waals surface area contributed by atoms with Crippen LogP contribution in [0.4, 0.5) is 4.39 Å². The lowest BCUT2D eigenvalue weighted by Gasteiger charge is -2.31. The number of nitrogens with one attached hydrogen (secondary N) is 2. The zero-order valence-electron chi connectivity index (χ0n) is 26.0. The van der Waals surface area contributed by atoms with Gasteiger partial charge in [0, 0.05) is 18.5 Å². The molecule has 13 heteroatoms. The van der Waals surface area contributed by atoms with E-state index in [1.165, 1.54) is 6.07 Å². The van der Waals surface area contributed by atoms with Gasteiger partial charge in [0.25, 0.3) is 5.91 Å². The van der Waals surface area contributed by atoms with Crippen LogP contribution in [-0.2, 0) is 26.0 Å². The number of aliphatic hydroxyl groups is 1. The number of benzene rings is 3. The van der Waals surface area contributed by atoms with Gasteiger partial charge in [-0.3, -0.25) is 14.4 Å². The molecule has 3 amide bonds. The van der Waals surface area contributed by atoms with Crippen molar-refractivity contribution < 1.29 is 32.3 Å². The van der Waals surface area contributed by atoms with Crippen LogP contribution in [0.5, 0.6) is 0 Å². The Morgan fingerprint density at radius 3 is 2.21 bits per heavy atom. The molecule has 4 aromatic rings. The average molecular weight is 664 g/mol. The van der Waals surface area contributed by atoms with Gasteiger partial charge in [-0.2, -0.15) is 4.31 Å². The van der Waals surface area contributed by atoms with Crippen molar-refractivity contribution in [1.29, 1.82) is 0 Å². The molecule has 3 aromatic carbocycles. The Labute approximate surface area is 273 Å². The molecule has 0 aliphatic heterocycles. The number of primary amides is 1. The minimum Gasteiger partial charge on any atom is -0.390 e. The Bertz CT molecular complexity index is 1810. The first-order valence-electron chi connectivity index (χ1n) is 15.1.